The molecule has 0 N–H and O–H groups in total. The molecule has 18 heavy (non-hydrogen) atoms. The molecule has 0 spiro atoms. The van der Waals surface area contributed by atoms with Crippen molar-refractivity contribution in [2.45, 2.75) is 71.1 Å². The van der Waals surface area contributed by atoms with Gasteiger partial charge in [-0.25, -0.2) is 0 Å². The largest absolute Gasteiger partial charge is 0.0882 e. The highest BCUT2D eigenvalue weighted by Crippen LogP contribution is 2.02. The predicted octanol–water partition coefficient (Wildman–Crippen LogP) is 6.41. The molecule has 0 unspecified atom stereocenters. The van der Waals surface area contributed by atoms with Gasteiger partial charge in [0.25, 0.3) is 0 Å². The van der Waals surface area contributed by atoms with E-state index in [-0.39, 0.29) is 0 Å². The van der Waals surface area contributed by atoms with Crippen molar-refractivity contribution in [2.75, 3.05) is 0 Å². The molecule has 0 aromatic carbocycles. The van der Waals surface area contributed by atoms with Gasteiger partial charge in [0.15, 0.2) is 0 Å². The molecule has 0 saturated carbocycles. The first-order chi connectivity index (χ1) is 8.91. The summed E-state index contributed by atoms with van der Waals surface area (Å²) in [6.07, 6.45) is 25.9. The fourth-order valence-electron chi connectivity index (χ4n) is 1.73. The van der Waals surface area contributed by atoms with Crippen molar-refractivity contribution >= 4 is 0 Å². The average Bonchev–Trinajstić information content (AvgIpc) is 2.39. The van der Waals surface area contributed by atoms with E-state index in [1.54, 1.807) is 0 Å². The van der Waals surface area contributed by atoms with Gasteiger partial charge in [0, 0.05) is 0 Å². The molecular formula is C18H31. The molecule has 0 aromatic heterocycles. The topological polar surface area (TPSA) is 0 Å². The third-order valence-corrected chi connectivity index (χ3v) is 2.89. The predicted molar refractivity (Wildman–Crippen MR) is 84.6 cm³/mol. The summed E-state index contributed by atoms with van der Waals surface area (Å²) in [5.41, 5.74) is 0. The van der Waals surface area contributed by atoms with Crippen LogP contribution in [0.1, 0.15) is 71.1 Å². The zero-order valence-corrected chi connectivity index (χ0v) is 12.2. The van der Waals surface area contributed by atoms with Gasteiger partial charge in [-0.1, -0.05) is 76.0 Å². The van der Waals surface area contributed by atoms with Gasteiger partial charge in [0.2, 0.25) is 0 Å². The van der Waals surface area contributed by atoms with Gasteiger partial charge in [-0.15, -0.1) is 0 Å². The summed E-state index contributed by atoms with van der Waals surface area (Å²) in [5, 5.41) is 0. The van der Waals surface area contributed by atoms with Crippen LogP contribution >= 0.6 is 0 Å². The molecule has 0 aliphatic rings. The van der Waals surface area contributed by atoms with Crippen LogP contribution in [0.25, 0.3) is 0 Å². The number of rotatable bonds is 12. The molecule has 0 atom stereocenters. The Morgan fingerprint density at radius 3 is 1.67 bits per heavy atom. The van der Waals surface area contributed by atoms with Crippen molar-refractivity contribution in [3.63, 3.8) is 0 Å². The van der Waals surface area contributed by atoms with Gasteiger partial charge >= 0.3 is 0 Å². The second-order valence-electron chi connectivity index (χ2n) is 4.73. The van der Waals surface area contributed by atoms with Crippen molar-refractivity contribution in [3.8, 4) is 0 Å². The van der Waals surface area contributed by atoms with Crippen molar-refractivity contribution < 1.29 is 0 Å². The van der Waals surface area contributed by atoms with Crippen LogP contribution in [0, 0.1) is 6.92 Å². The van der Waals surface area contributed by atoms with Crippen LogP contribution in [-0.2, 0) is 0 Å². The van der Waals surface area contributed by atoms with Gasteiger partial charge in [-0.3, -0.25) is 0 Å². The standard InChI is InChI=1S/C18H31/c1-3-5-7-9-11-13-15-17-18-16-14-12-10-8-6-4-2/h11-14,17-18H,1,3-10,15-16H2,2H3/b13-11-,14-12-,18-17-. The first kappa shape index (κ1) is 17.2. The third kappa shape index (κ3) is 15.2. The van der Waals surface area contributed by atoms with Crippen molar-refractivity contribution in [2.24, 2.45) is 0 Å². The molecular weight excluding hydrogens is 216 g/mol. The lowest BCUT2D eigenvalue weighted by molar-refractivity contribution is 0.728. The molecule has 103 valence electrons. The van der Waals surface area contributed by atoms with E-state index in [0.29, 0.717) is 0 Å². The molecule has 0 amide bonds. The monoisotopic (exact) mass is 247 g/mol. The number of unbranched alkanes of at least 4 members (excludes halogenated alkanes) is 6. The molecule has 0 heterocycles. The molecule has 1 radical (unpaired) electrons. The normalized spacial score (nSPS) is 12.3. The van der Waals surface area contributed by atoms with E-state index in [1.807, 2.05) is 0 Å². The van der Waals surface area contributed by atoms with Crippen LogP contribution in [0.15, 0.2) is 36.5 Å². The lowest BCUT2D eigenvalue weighted by Gasteiger charge is -1.91. The molecule has 0 aliphatic heterocycles. The Morgan fingerprint density at radius 1 is 0.667 bits per heavy atom. The Balaban J connectivity index is 3.27. The Bertz CT molecular complexity index is 196. The molecule has 0 saturated heterocycles. The minimum atomic E-state index is 1.07. The van der Waals surface area contributed by atoms with Crippen molar-refractivity contribution in [1.82, 2.24) is 0 Å². The highest BCUT2D eigenvalue weighted by molar-refractivity contribution is 4.97. The smallest absolute Gasteiger partial charge is 0.0169 e. The van der Waals surface area contributed by atoms with E-state index in [1.165, 1.54) is 44.9 Å². The zero-order valence-electron chi connectivity index (χ0n) is 12.2. The molecule has 0 fully saturated rings. The van der Waals surface area contributed by atoms with E-state index in [9.17, 15) is 0 Å². The summed E-state index contributed by atoms with van der Waals surface area (Å²) in [7, 11) is 0. The molecule has 0 bridgehead atoms. The SMILES string of the molecule is [CH2]CCCC/C=C\C/C=C\C/C=C\CCCCC. The molecule has 0 aromatic rings. The van der Waals surface area contributed by atoms with Crippen LogP contribution in [0.4, 0.5) is 0 Å². The summed E-state index contributed by atoms with van der Waals surface area (Å²) in [6, 6.07) is 0. The Kier molecular flexibility index (Phi) is 15.5. The fourth-order valence-corrected chi connectivity index (χ4v) is 1.73. The van der Waals surface area contributed by atoms with E-state index in [4.69, 9.17) is 0 Å². The molecule has 0 aliphatic carbocycles. The Hall–Kier alpha value is -0.780. The number of hydrogen-bond donors (Lipinski definition) is 0. The van der Waals surface area contributed by atoms with Gasteiger partial charge in [0.05, 0.1) is 0 Å². The lowest BCUT2D eigenvalue weighted by Crippen LogP contribution is -1.71. The summed E-state index contributed by atoms with van der Waals surface area (Å²) in [6.45, 7) is 6.09. The first-order valence-corrected chi connectivity index (χ1v) is 7.66. The highest BCUT2D eigenvalue weighted by atomic mass is 13.9. The summed E-state index contributed by atoms with van der Waals surface area (Å²) < 4.78 is 0. The van der Waals surface area contributed by atoms with Crippen LogP contribution in [0.3, 0.4) is 0 Å². The number of allylic oxidation sites excluding steroid dienone is 6. The van der Waals surface area contributed by atoms with E-state index < -0.39 is 0 Å². The average molecular weight is 247 g/mol. The first-order valence-electron chi connectivity index (χ1n) is 7.66. The van der Waals surface area contributed by atoms with Gasteiger partial charge in [0.1, 0.15) is 0 Å². The van der Waals surface area contributed by atoms with E-state index in [0.717, 1.165) is 19.3 Å². The molecule has 0 rings (SSSR count). The van der Waals surface area contributed by atoms with Crippen LogP contribution < -0.4 is 0 Å². The minimum absolute atomic E-state index is 1.07. The highest BCUT2D eigenvalue weighted by Gasteiger charge is 1.81. The van der Waals surface area contributed by atoms with Crippen molar-refractivity contribution in [1.29, 1.82) is 0 Å². The minimum Gasteiger partial charge on any atom is -0.0882 e. The fraction of sp³-hybridized carbons (Fsp3) is 0.611. The zero-order chi connectivity index (χ0) is 13.3. The van der Waals surface area contributed by atoms with Crippen LogP contribution in [0.2, 0.25) is 0 Å². The second-order valence-corrected chi connectivity index (χ2v) is 4.73. The van der Waals surface area contributed by atoms with E-state index in [2.05, 4.69) is 50.3 Å². The Morgan fingerprint density at radius 2 is 1.17 bits per heavy atom. The summed E-state index contributed by atoms with van der Waals surface area (Å²) in [5.74, 6) is 0. The maximum Gasteiger partial charge on any atom is -0.0169 e. The Labute approximate surface area is 115 Å². The van der Waals surface area contributed by atoms with E-state index >= 15 is 0 Å². The van der Waals surface area contributed by atoms with Gasteiger partial charge in [-0.05, 0) is 38.5 Å². The second kappa shape index (κ2) is 16.2. The van der Waals surface area contributed by atoms with Crippen molar-refractivity contribution in [3.05, 3.63) is 43.4 Å². The van der Waals surface area contributed by atoms with Crippen LogP contribution in [0.5, 0.6) is 0 Å². The molecule has 0 nitrogen and oxygen atoms in total. The quantitative estimate of drug-likeness (QED) is 0.276. The van der Waals surface area contributed by atoms with Gasteiger partial charge < -0.3 is 0 Å². The van der Waals surface area contributed by atoms with Gasteiger partial charge in [-0.2, -0.15) is 0 Å². The van der Waals surface area contributed by atoms with Crippen LogP contribution in [-0.4, -0.2) is 0 Å². The summed E-state index contributed by atoms with van der Waals surface area (Å²) >= 11 is 0. The maximum atomic E-state index is 3.84. The summed E-state index contributed by atoms with van der Waals surface area (Å²) in [4.78, 5) is 0. The maximum absolute atomic E-state index is 3.84. The third-order valence-electron chi connectivity index (χ3n) is 2.89. The number of hydrogen-bond acceptors (Lipinski definition) is 0. The lowest BCUT2D eigenvalue weighted by atomic mass is 10.2. The molecule has 0 heteroatoms.